The highest BCUT2D eigenvalue weighted by atomic mass is 16.6. The van der Waals surface area contributed by atoms with Gasteiger partial charge >= 0.3 is 0 Å². The van der Waals surface area contributed by atoms with Crippen LogP contribution >= 0.6 is 0 Å². The SMILES string of the molecule is Cc1cc(C#CCO)ccc1OCC1CCC(C)(C)O1. The number of aliphatic hydroxyl groups excluding tert-OH is 1. The van der Waals surface area contributed by atoms with Gasteiger partial charge in [0.1, 0.15) is 19.0 Å². The number of aryl methyl sites for hydroxylation is 1. The molecule has 1 atom stereocenters. The van der Waals surface area contributed by atoms with Crippen LogP contribution in [0, 0.1) is 18.8 Å². The Morgan fingerprint density at radius 2 is 2.25 bits per heavy atom. The molecule has 0 amide bonds. The Balaban J connectivity index is 1.93. The highest BCUT2D eigenvalue weighted by Crippen LogP contribution is 2.30. The fourth-order valence-corrected chi connectivity index (χ4v) is 2.41. The zero-order valence-electron chi connectivity index (χ0n) is 12.4. The van der Waals surface area contributed by atoms with Crippen LogP contribution in [0.5, 0.6) is 5.75 Å². The third-order valence-electron chi connectivity index (χ3n) is 3.47. The van der Waals surface area contributed by atoms with Gasteiger partial charge < -0.3 is 14.6 Å². The average molecular weight is 274 g/mol. The summed E-state index contributed by atoms with van der Waals surface area (Å²) in [6.45, 7) is 6.71. The first-order chi connectivity index (χ1) is 9.50. The molecule has 20 heavy (non-hydrogen) atoms. The Hall–Kier alpha value is -1.50. The quantitative estimate of drug-likeness (QED) is 0.861. The van der Waals surface area contributed by atoms with Crippen molar-refractivity contribution in [2.75, 3.05) is 13.2 Å². The summed E-state index contributed by atoms with van der Waals surface area (Å²) in [7, 11) is 0. The number of hydrogen-bond donors (Lipinski definition) is 1. The summed E-state index contributed by atoms with van der Waals surface area (Å²) in [5.74, 6) is 6.40. The number of rotatable bonds is 3. The first-order valence-electron chi connectivity index (χ1n) is 7.01. The van der Waals surface area contributed by atoms with E-state index in [1.54, 1.807) is 0 Å². The molecule has 1 aliphatic rings. The molecule has 0 spiro atoms. The molecule has 1 saturated heterocycles. The molecule has 108 valence electrons. The van der Waals surface area contributed by atoms with Crippen molar-refractivity contribution in [2.24, 2.45) is 0 Å². The van der Waals surface area contributed by atoms with E-state index in [-0.39, 0.29) is 18.3 Å². The van der Waals surface area contributed by atoms with Crippen LogP contribution in [0.3, 0.4) is 0 Å². The van der Waals surface area contributed by atoms with Gasteiger partial charge in [0, 0.05) is 5.56 Å². The monoisotopic (exact) mass is 274 g/mol. The predicted molar refractivity (Wildman–Crippen MR) is 78.8 cm³/mol. The van der Waals surface area contributed by atoms with Gasteiger partial charge in [-0.2, -0.15) is 0 Å². The highest BCUT2D eigenvalue weighted by molar-refractivity contribution is 5.43. The van der Waals surface area contributed by atoms with Gasteiger partial charge in [-0.05, 0) is 57.4 Å². The molecule has 1 aromatic carbocycles. The second-order valence-electron chi connectivity index (χ2n) is 5.79. The minimum atomic E-state index is -0.119. The lowest BCUT2D eigenvalue weighted by molar-refractivity contribution is -0.0327. The average Bonchev–Trinajstić information content (AvgIpc) is 2.75. The largest absolute Gasteiger partial charge is 0.491 e. The van der Waals surface area contributed by atoms with Crippen LogP contribution in [-0.2, 0) is 4.74 Å². The van der Waals surface area contributed by atoms with Gasteiger partial charge in [-0.15, -0.1) is 0 Å². The summed E-state index contributed by atoms with van der Waals surface area (Å²) in [5, 5.41) is 8.69. The van der Waals surface area contributed by atoms with E-state index >= 15 is 0 Å². The van der Waals surface area contributed by atoms with Gasteiger partial charge in [0.15, 0.2) is 0 Å². The Bertz CT molecular complexity index is 523. The summed E-state index contributed by atoms with van der Waals surface area (Å²) in [6.07, 6.45) is 2.31. The molecule has 3 nitrogen and oxygen atoms in total. The van der Waals surface area contributed by atoms with Crippen molar-refractivity contribution < 1.29 is 14.6 Å². The zero-order chi connectivity index (χ0) is 14.6. The summed E-state index contributed by atoms with van der Waals surface area (Å²) >= 11 is 0. The maximum atomic E-state index is 8.69. The molecule has 1 aromatic rings. The van der Waals surface area contributed by atoms with Crippen LogP contribution in [0.15, 0.2) is 18.2 Å². The second-order valence-corrected chi connectivity index (χ2v) is 5.79. The number of ether oxygens (including phenoxy) is 2. The van der Waals surface area contributed by atoms with Gasteiger partial charge in [0.2, 0.25) is 0 Å². The van der Waals surface area contributed by atoms with Crippen molar-refractivity contribution in [3.63, 3.8) is 0 Å². The van der Waals surface area contributed by atoms with Gasteiger partial charge in [-0.1, -0.05) is 11.8 Å². The number of aliphatic hydroxyl groups is 1. The summed E-state index contributed by atoms with van der Waals surface area (Å²) < 4.78 is 11.8. The molecule has 1 N–H and O–H groups in total. The van der Waals surface area contributed by atoms with Crippen molar-refractivity contribution in [2.45, 2.75) is 45.3 Å². The lowest BCUT2D eigenvalue weighted by atomic mass is 10.1. The minimum Gasteiger partial charge on any atom is -0.491 e. The van der Waals surface area contributed by atoms with Crippen molar-refractivity contribution in [1.29, 1.82) is 0 Å². The van der Waals surface area contributed by atoms with Crippen molar-refractivity contribution in [1.82, 2.24) is 0 Å². The number of hydrogen-bond acceptors (Lipinski definition) is 3. The van der Waals surface area contributed by atoms with Crippen LogP contribution in [0.25, 0.3) is 0 Å². The van der Waals surface area contributed by atoms with Crippen molar-refractivity contribution in [3.05, 3.63) is 29.3 Å². The molecule has 0 aliphatic carbocycles. The normalized spacial score (nSPS) is 20.3. The Morgan fingerprint density at radius 1 is 1.45 bits per heavy atom. The molecule has 1 fully saturated rings. The lowest BCUT2D eigenvalue weighted by Crippen LogP contribution is -2.24. The molecule has 2 rings (SSSR count). The fraction of sp³-hybridized carbons (Fsp3) is 0.529. The van der Waals surface area contributed by atoms with E-state index < -0.39 is 0 Å². The van der Waals surface area contributed by atoms with Crippen LogP contribution in [0.4, 0.5) is 0 Å². The molecule has 3 heteroatoms. The molecular formula is C17H22O3. The van der Waals surface area contributed by atoms with E-state index in [1.165, 1.54) is 0 Å². The first kappa shape index (κ1) is 14.9. The summed E-state index contributed by atoms with van der Waals surface area (Å²) in [4.78, 5) is 0. The standard InChI is InChI=1S/C17H22O3/c1-13-11-14(5-4-10-18)6-7-16(13)19-12-15-8-9-17(2,3)20-15/h6-7,11,15,18H,8-10,12H2,1-3H3. The van der Waals surface area contributed by atoms with E-state index in [1.807, 2.05) is 25.1 Å². The van der Waals surface area contributed by atoms with Crippen LogP contribution in [-0.4, -0.2) is 30.0 Å². The highest BCUT2D eigenvalue weighted by Gasteiger charge is 2.31. The van der Waals surface area contributed by atoms with Gasteiger partial charge in [-0.25, -0.2) is 0 Å². The third kappa shape index (κ3) is 4.00. The maximum absolute atomic E-state index is 8.69. The van der Waals surface area contributed by atoms with E-state index in [0.717, 1.165) is 29.7 Å². The Kier molecular flexibility index (Phi) is 4.69. The van der Waals surface area contributed by atoms with Crippen LogP contribution < -0.4 is 4.74 Å². The van der Waals surface area contributed by atoms with Crippen molar-refractivity contribution >= 4 is 0 Å². The molecule has 1 heterocycles. The van der Waals surface area contributed by atoms with E-state index in [0.29, 0.717) is 6.61 Å². The summed E-state index contributed by atoms with van der Waals surface area (Å²) in [5.41, 5.74) is 1.92. The maximum Gasteiger partial charge on any atom is 0.122 e. The Morgan fingerprint density at radius 3 is 2.85 bits per heavy atom. The predicted octanol–water partition coefficient (Wildman–Crippen LogP) is 2.68. The molecule has 1 unspecified atom stereocenters. The first-order valence-corrected chi connectivity index (χ1v) is 7.01. The van der Waals surface area contributed by atoms with Gasteiger partial charge in [-0.3, -0.25) is 0 Å². The molecular weight excluding hydrogens is 252 g/mol. The number of benzene rings is 1. The van der Waals surface area contributed by atoms with Gasteiger partial charge in [0.05, 0.1) is 11.7 Å². The van der Waals surface area contributed by atoms with E-state index in [2.05, 4.69) is 25.7 Å². The third-order valence-corrected chi connectivity index (χ3v) is 3.47. The molecule has 1 aliphatic heterocycles. The second kappa shape index (κ2) is 6.30. The zero-order valence-corrected chi connectivity index (χ0v) is 12.4. The van der Waals surface area contributed by atoms with Gasteiger partial charge in [0.25, 0.3) is 0 Å². The molecule has 0 radical (unpaired) electrons. The van der Waals surface area contributed by atoms with Crippen molar-refractivity contribution in [3.8, 4) is 17.6 Å². The van der Waals surface area contributed by atoms with E-state index in [4.69, 9.17) is 14.6 Å². The molecule has 0 bridgehead atoms. The topological polar surface area (TPSA) is 38.7 Å². The minimum absolute atomic E-state index is 0.0210. The van der Waals surface area contributed by atoms with Crippen LogP contribution in [0.1, 0.15) is 37.8 Å². The molecule has 0 saturated carbocycles. The fourth-order valence-electron chi connectivity index (χ4n) is 2.41. The van der Waals surface area contributed by atoms with Crippen LogP contribution in [0.2, 0.25) is 0 Å². The van der Waals surface area contributed by atoms with E-state index in [9.17, 15) is 0 Å². The summed E-state index contributed by atoms with van der Waals surface area (Å²) in [6, 6.07) is 5.80. The molecule has 0 aromatic heterocycles. The lowest BCUT2D eigenvalue weighted by Gasteiger charge is -2.19. The Labute approximate surface area is 120 Å². The smallest absolute Gasteiger partial charge is 0.122 e.